The molecule has 0 aromatic carbocycles. The molecule has 1 aromatic heterocycles. The minimum atomic E-state index is 0.0852. The lowest BCUT2D eigenvalue weighted by molar-refractivity contribution is -0.120. The van der Waals surface area contributed by atoms with Crippen LogP contribution in [-0.2, 0) is 11.8 Å². The minimum Gasteiger partial charge on any atom is -0.356 e. The van der Waals surface area contributed by atoms with Gasteiger partial charge >= 0.3 is 0 Å². The Labute approximate surface area is 96.3 Å². The van der Waals surface area contributed by atoms with E-state index in [4.69, 9.17) is 0 Å². The van der Waals surface area contributed by atoms with Gasteiger partial charge in [0.1, 0.15) is 5.82 Å². The predicted molar refractivity (Wildman–Crippen MR) is 62.9 cm³/mol. The molecule has 5 nitrogen and oxygen atoms in total. The Balaban J connectivity index is 2.28. The molecule has 0 aliphatic rings. The van der Waals surface area contributed by atoms with Crippen molar-refractivity contribution in [1.82, 2.24) is 20.2 Å². The van der Waals surface area contributed by atoms with Gasteiger partial charge in [-0.15, -0.1) is 0 Å². The van der Waals surface area contributed by atoms with Gasteiger partial charge in [0.2, 0.25) is 5.91 Å². The van der Waals surface area contributed by atoms with Gasteiger partial charge in [-0.25, -0.2) is 4.98 Å². The van der Waals surface area contributed by atoms with Crippen molar-refractivity contribution < 1.29 is 4.79 Å². The van der Waals surface area contributed by atoms with Crippen molar-refractivity contribution in [3.63, 3.8) is 0 Å². The van der Waals surface area contributed by atoms with Crippen LogP contribution in [0, 0.1) is 0 Å². The Kier molecular flexibility index (Phi) is 4.98. The second kappa shape index (κ2) is 6.27. The Morgan fingerprint density at radius 3 is 2.94 bits per heavy atom. The number of hydrogen-bond donors (Lipinski definition) is 2. The highest BCUT2D eigenvalue weighted by molar-refractivity contribution is 5.75. The highest BCUT2D eigenvalue weighted by atomic mass is 16.1. The first kappa shape index (κ1) is 12.7. The predicted octanol–water partition coefficient (Wildman–Crippen LogP) is 0.597. The summed E-state index contributed by atoms with van der Waals surface area (Å²) in [5, 5.41) is 6.04. The van der Waals surface area contributed by atoms with Gasteiger partial charge in [0.25, 0.3) is 0 Å². The quantitative estimate of drug-likeness (QED) is 0.744. The second-order valence-corrected chi connectivity index (χ2v) is 3.78. The molecule has 2 N–H and O–H groups in total. The molecular weight excluding hydrogens is 204 g/mol. The molecule has 0 radical (unpaired) electrons. The summed E-state index contributed by atoms with van der Waals surface area (Å²) >= 11 is 0. The number of rotatable bonds is 6. The minimum absolute atomic E-state index is 0.0852. The summed E-state index contributed by atoms with van der Waals surface area (Å²) in [5.74, 6) is 1.07. The van der Waals surface area contributed by atoms with E-state index < -0.39 is 0 Å². The molecular formula is C11H20N4O. The third-order valence-electron chi connectivity index (χ3n) is 2.42. The topological polar surface area (TPSA) is 59.0 Å². The second-order valence-electron chi connectivity index (χ2n) is 3.78. The first-order valence-corrected chi connectivity index (χ1v) is 5.62. The maximum Gasteiger partial charge on any atom is 0.221 e. The van der Waals surface area contributed by atoms with E-state index in [0.717, 1.165) is 5.82 Å². The van der Waals surface area contributed by atoms with Crippen LogP contribution in [0.3, 0.4) is 0 Å². The van der Waals surface area contributed by atoms with Crippen molar-refractivity contribution in [2.45, 2.75) is 26.3 Å². The molecule has 5 heteroatoms. The lowest BCUT2D eigenvalue weighted by Gasteiger charge is -2.13. The fourth-order valence-corrected chi connectivity index (χ4v) is 1.57. The van der Waals surface area contributed by atoms with E-state index in [0.29, 0.717) is 19.5 Å². The highest BCUT2D eigenvalue weighted by Gasteiger charge is 2.09. The van der Waals surface area contributed by atoms with Gasteiger partial charge < -0.3 is 15.2 Å². The Morgan fingerprint density at radius 1 is 1.62 bits per heavy atom. The number of nitrogens with one attached hydrogen (secondary N) is 2. The van der Waals surface area contributed by atoms with Crippen LogP contribution in [0.2, 0.25) is 0 Å². The number of aromatic nitrogens is 2. The first-order chi connectivity index (χ1) is 7.65. The molecule has 1 amide bonds. The van der Waals surface area contributed by atoms with Gasteiger partial charge in [0.05, 0.1) is 6.04 Å². The zero-order valence-electron chi connectivity index (χ0n) is 10.2. The van der Waals surface area contributed by atoms with Crippen molar-refractivity contribution in [2.75, 3.05) is 13.1 Å². The van der Waals surface area contributed by atoms with Crippen molar-refractivity contribution in [1.29, 1.82) is 0 Å². The van der Waals surface area contributed by atoms with Crippen LogP contribution in [0.25, 0.3) is 0 Å². The van der Waals surface area contributed by atoms with E-state index >= 15 is 0 Å². The number of imidazole rings is 1. The van der Waals surface area contributed by atoms with E-state index in [1.807, 2.05) is 31.7 Å². The molecule has 1 atom stereocenters. The zero-order valence-corrected chi connectivity index (χ0v) is 10.2. The number of hydrogen-bond acceptors (Lipinski definition) is 3. The smallest absolute Gasteiger partial charge is 0.221 e. The summed E-state index contributed by atoms with van der Waals surface area (Å²) in [6, 6.07) is 0.162. The molecule has 0 aliphatic carbocycles. The van der Waals surface area contributed by atoms with Crippen LogP contribution in [-0.4, -0.2) is 28.5 Å². The molecule has 1 heterocycles. The van der Waals surface area contributed by atoms with Crippen LogP contribution in [0.1, 0.15) is 32.1 Å². The van der Waals surface area contributed by atoms with E-state index in [1.165, 1.54) is 0 Å². The van der Waals surface area contributed by atoms with E-state index in [2.05, 4.69) is 15.6 Å². The lowest BCUT2D eigenvalue weighted by Crippen LogP contribution is -2.29. The van der Waals surface area contributed by atoms with Gasteiger partial charge in [-0.3, -0.25) is 4.79 Å². The van der Waals surface area contributed by atoms with Crippen LogP contribution in [0.15, 0.2) is 12.4 Å². The maximum absolute atomic E-state index is 11.2. The summed E-state index contributed by atoms with van der Waals surface area (Å²) in [7, 11) is 1.96. The fourth-order valence-electron chi connectivity index (χ4n) is 1.57. The third kappa shape index (κ3) is 3.66. The summed E-state index contributed by atoms with van der Waals surface area (Å²) in [6.45, 7) is 5.31. The molecule has 0 saturated carbocycles. The molecule has 0 aliphatic heterocycles. The van der Waals surface area contributed by atoms with Crippen LogP contribution >= 0.6 is 0 Å². The van der Waals surface area contributed by atoms with Gasteiger partial charge in [0.15, 0.2) is 0 Å². The molecule has 1 unspecified atom stereocenters. The van der Waals surface area contributed by atoms with Gasteiger partial charge in [-0.1, -0.05) is 0 Å². The van der Waals surface area contributed by atoms with Crippen LogP contribution < -0.4 is 10.6 Å². The molecule has 0 saturated heterocycles. The number of nitrogens with zero attached hydrogens (tertiary/aromatic N) is 2. The first-order valence-electron chi connectivity index (χ1n) is 5.62. The van der Waals surface area contributed by atoms with E-state index in [1.54, 1.807) is 6.20 Å². The molecule has 0 spiro atoms. The Hall–Kier alpha value is -1.36. The maximum atomic E-state index is 11.2. The van der Waals surface area contributed by atoms with E-state index in [9.17, 15) is 4.79 Å². The van der Waals surface area contributed by atoms with Crippen molar-refractivity contribution in [3.05, 3.63) is 18.2 Å². The molecule has 90 valence electrons. The zero-order chi connectivity index (χ0) is 12.0. The van der Waals surface area contributed by atoms with Crippen molar-refractivity contribution in [2.24, 2.45) is 7.05 Å². The Morgan fingerprint density at radius 2 is 2.38 bits per heavy atom. The molecule has 0 bridgehead atoms. The average molecular weight is 224 g/mol. The summed E-state index contributed by atoms with van der Waals surface area (Å²) in [5.41, 5.74) is 0. The summed E-state index contributed by atoms with van der Waals surface area (Å²) in [6.07, 6.45) is 4.19. The molecule has 1 aromatic rings. The molecule has 0 fully saturated rings. The number of carbonyl (C=O) groups excluding carboxylic acids is 1. The van der Waals surface area contributed by atoms with Gasteiger partial charge in [-0.05, 0) is 13.8 Å². The fraction of sp³-hybridized carbons (Fsp3) is 0.636. The molecule has 16 heavy (non-hydrogen) atoms. The third-order valence-corrected chi connectivity index (χ3v) is 2.42. The van der Waals surface area contributed by atoms with Gasteiger partial charge in [0, 0.05) is 39.0 Å². The summed E-state index contributed by atoms with van der Waals surface area (Å²) in [4.78, 5) is 15.5. The van der Waals surface area contributed by atoms with Gasteiger partial charge in [-0.2, -0.15) is 0 Å². The number of aryl methyl sites for hydroxylation is 1. The van der Waals surface area contributed by atoms with Crippen molar-refractivity contribution in [3.8, 4) is 0 Å². The lowest BCUT2D eigenvalue weighted by atomic mass is 10.3. The molecule has 1 rings (SSSR count). The summed E-state index contributed by atoms with van der Waals surface area (Å²) < 4.78 is 1.98. The number of carbonyl (C=O) groups is 1. The van der Waals surface area contributed by atoms with Crippen LogP contribution in [0.5, 0.6) is 0 Å². The highest BCUT2D eigenvalue weighted by Crippen LogP contribution is 2.07. The Bertz CT molecular complexity index is 334. The monoisotopic (exact) mass is 224 g/mol. The van der Waals surface area contributed by atoms with E-state index in [-0.39, 0.29) is 11.9 Å². The normalized spacial score (nSPS) is 12.4. The standard InChI is InChI=1S/C11H20N4O/c1-4-12-10(16)5-6-13-9(2)11-14-7-8-15(11)3/h7-9,13H,4-6H2,1-3H3,(H,12,16). The van der Waals surface area contributed by atoms with Crippen LogP contribution in [0.4, 0.5) is 0 Å². The largest absolute Gasteiger partial charge is 0.356 e. The SMILES string of the molecule is CCNC(=O)CCNC(C)c1nccn1C. The average Bonchev–Trinajstić information content (AvgIpc) is 2.64. The number of amides is 1. The van der Waals surface area contributed by atoms with Crippen molar-refractivity contribution >= 4 is 5.91 Å².